The Bertz CT molecular complexity index is 1240. The van der Waals surface area contributed by atoms with Crippen molar-refractivity contribution in [2.24, 2.45) is 0 Å². The third-order valence-corrected chi connectivity index (χ3v) is 7.83. The van der Waals surface area contributed by atoms with Crippen molar-refractivity contribution in [2.75, 3.05) is 35.0 Å². The molecule has 0 amide bonds. The molecule has 0 spiro atoms. The summed E-state index contributed by atoms with van der Waals surface area (Å²) in [6.07, 6.45) is 1.96. The number of hydrogen-bond donors (Lipinski definition) is 0. The number of nitrogens with zero attached hydrogens (tertiary/aromatic N) is 2. The van der Waals surface area contributed by atoms with Gasteiger partial charge in [0.25, 0.3) is 0 Å². The lowest BCUT2D eigenvalue weighted by atomic mass is 10.0. The van der Waals surface area contributed by atoms with Crippen molar-refractivity contribution in [2.45, 2.75) is 24.4 Å². The zero-order valence-corrected chi connectivity index (χ0v) is 20.2. The van der Waals surface area contributed by atoms with E-state index in [9.17, 15) is 8.42 Å². The SMILES string of the molecule is COc1ccc(S(=O)(=O)N2CCn3cccc3[C@@H]2c2cc(OC)c(OC)c(OC)c2)cc1C. The molecule has 8 nitrogen and oxygen atoms in total. The largest absolute Gasteiger partial charge is 0.496 e. The predicted molar refractivity (Wildman–Crippen MR) is 124 cm³/mol. The molecule has 0 N–H and O–H groups in total. The van der Waals surface area contributed by atoms with E-state index in [-0.39, 0.29) is 4.90 Å². The Hall–Kier alpha value is -3.17. The molecule has 2 heterocycles. The van der Waals surface area contributed by atoms with Gasteiger partial charge in [-0.1, -0.05) is 0 Å². The summed E-state index contributed by atoms with van der Waals surface area (Å²) in [7, 11) is 2.35. The fourth-order valence-corrected chi connectivity index (χ4v) is 6.03. The van der Waals surface area contributed by atoms with Crippen molar-refractivity contribution in [1.82, 2.24) is 8.87 Å². The monoisotopic (exact) mass is 472 g/mol. The number of ether oxygens (including phenoxy) is 4. The van der Waals surface area contributed by atoms with E-state index < -0.39 is 16.1 Å². The quantitative estimate of drug-likeness (QED) is 0.523. The van der Waals surface area contributed by atoms with Crippen LogP contribution >= 0.6 is 0 Å². The standard InChI is InChI=1S/C24H28N2O6S/c1-16-13-18(8-9-20(16)29-2)33(27,28)26-12-11-25-10-6-7-19(25)23(26)17-14-21(30-3)24(32-5)22(15-17)31-4/h6-10,13-15,23H,11-12H2,1-5H3/t23-/m0/s1. The zero-order chi connectivity index (χ0) is 23.8. The first-order valence-corrected chi connectivity index (χ1v) is 11.9. The number of benzene rings is 2. The first-order chi connectivity index (χ1) is 15.8. The first-order valence-electron chi connectivity index (χ1n) is 10.5. The van der Waals surface area contributed by atoms with Gasteiger partial charge in [-0.15, -0.1) is 0 Å². The van der Waals surface area contributed by atoms with Gasteiger partial charge in [-0.25, -0.2) is 8.42 Å². The summed E-state index contributed by atoms with van der Waals surface area (Å²) in [5.41, 5.74) is 2.34. The van der Waals surface area contributed by atoms with Crippen LogP contribution in [0.5, 0.6) is 23.0 Å². The van der Waals surface area contributed by atoms with Crippen LogP contribution in [-0.4, -0.2) is 52.3 Å². The molecule has 0 saturated carbocycles. The molecule has 4 rings (SSSR count). The summed E-state index contributed by atoms with van der Waals surface area (Å²) in [4.78, 5) is 0.221. The summed E-state index contributed by atoms with van der Waals surface area (Å²) in [6.45, 7) is 2.70. The van der Waals surface area contributed by atoms with Gasteiger partial charge in [-0.05, 0) is 60.5 Å². The summed E-state index contributed by atoms with van der Waals surface area (Å²) in [5.74, 6) is 2.03. The average Bonchev–Trinajstić information content (AvgIpc) is 3.31. The molecular formula is C24H28N2O6S. The molecule has 9 heteroatoms. The first kappa shape index (κ1) is 23.0. The van der Waals surface area contributed by atoms with Crippen LogP contribution in [0.25, 0.3) is 0 Å². The van der Waals surface area contributed by atoms with E-state index in [1.165, 1.54) is 11.4 Å². The minimum absolute atomic E-state index is 0.221. The van der Waals surface area contributed by atoms with Crippen LogP contribution in [-0.2, 0) is 16.6 Å². The molecular weight excluding hydrogens is 444 g/mol. The van der Waals surface area contributed by atoms with Crippen LogP contribution in [0.15, 0.2) is 53.6 Å². The van der Waals surface area contributed by atoms with E-state index in [1.807, 2.05) is 25.3 Å². The molecule has 1 aliphatic rings. The molecule has 2 aromatic carbocycles. The molecule has 0 aliphatic carbocycles. The summed E-state index contributed by atoms with van der Waals surface area (Å²) in [5, 5.41) is 0. The number of fused-ring (bicyclic) bond motifs is 1. The number of aryl methyl sites for hydroxylation is 1. The van der Waals surface area contributed by atoms with Crippen LogP contribution < -0.4 is 18.9 Å². The molecule has 0 unspecified atom stereocenters. The lowest BCUT2D eigenvalue weighted by Gasteiger charge is -2.36. The Balaban J connectivity index is 1.89. The fraction of sp³-hybridized carbons (Fsp3) is 0.333. The lowest BCUT2D eigenvalue weighted by Crippen LogP contribution is -2.42. The van der Waals surface area contributed by atoms with Crippen LogP contribution in [0, 0.1) is 6.92 Å². The molecule has 1 aliphatic heterocycles. The van der Waals surface area contributed by atoms with Gasteiger partial charge in [0.2, 0.25) is 15.8 Å². The van der Waals surface area contributed by atoms with E-state index >= 15 is 0 Å². The molecule has 0 bridgehead atoms. The molecule has 176 valence electrons. The Morgan fingerprint density at radius 1 is 0.848 bits per heavy atom. The Kier molecular flexibility index (Phi) is 6.27. The molecule has 1 atom stereocenters. The van der Waals surface area contributed by atoms with E-state index in [2.05, 4.69) is 4.57 Å². The smallest absolute Gasteiger partial charge is 0.244 e. The van der Waals surface area contributed by atoms with Crippen molar-refractivity contribution in [3.05, 3.63) is 65.5 Å². The number of aromatic nitrogens is 1. The van der Waals surface area contributed by atoms with Gasteiger partial charge < -0.3 is 23.5 Å². The third-order valence-electron chi connectivity index (χ3n) is 5.97. The van der Waals surface area contributed by atoms with Gasteiger partial charge in [-0.2, -0.15) is 4.31 Å². The Morgan fingerprint density at radius 3 is 2.09 bits per heavy atom. The van der Waals surface area contributed by atoms with Crippen molar-refractivity contribution < 1.29 is 27.4 Å². The van der Waals surface area contributed by atoms with Crippen LogP contribution in [0.4, 0.5) is 0 Å². The molecule has 1 aromatic heterocycles. The van der Waals surface area contributed by atoms with Crippen LogP contribution in [0.3, 0.4) is 0 Å². The van der Waals surface area contributed by atoms with Crippen molar-refractivity contribution in [3.63, 3.8) is 0 Å². The van der Waals surface area contributed by atoms with Gasteiger partial charge in [0.15, 0.2) is 11.5 Å². The van der Waals surface area contributed by atoms with E-state index in [0.29, 0.717) is 36.1 Å². The zero-order valence-electron chi connectivity index (χ0n) is 19.4. The van der Waals surface area contributed by atoms with Gasteiger partial charge >= 0.3 is 0 Å². The normalized spacial score (nSPS) is 16.2. The molecule has 0 saturated heterocycles. The maximum atomic E-state index is 13.9. The maximum absolute atomic E-state index is 13.9. The summed E-state index contributed by atoms with van der Waals surface area (Å²) >= 11 is 0. The second kappa shape index (κ2) is 8.99. The summed E-state index contributed by atoms with van der Waals surface area (Å²) in [6, 6.07) is 11.8. The summed E-state index contributed by atoms with van der Waals surface area (Å²) < 4.78 is 53.2. The number of rotatable bonds is 7. The average molecular weight is 473 g/mol. The highest BCUT2D eigenvalue weighted by Crippen LogP contribution is 2.44. The van der Waals surface area contributed by atoms with Crippen LogP contribution in [0.2, 0.25) is 0 Å². The van der Waals surface area contributed by atoms with E-state index in [4.69, 9.17) is 18.9 Å². The predicted octanol–water partition coefficient (Wildman–Crippen LogP) is 3.62. The molecule has 0 radical (unpaired) electrons. The highest BCUT2D eigenvalue weighted by Gasteiger charge is 2.38. The van der Waals surface area contributed by atoms with Crippen molar-refractivity contribution in [1.29, 1.82) is 0 Å². The minimum atomic E-state index is -3.83. The van der Waals surface area contributed by atoms with Gasteiger partial charge in [0.05, 0.1) is 39.4 Å². The van der Waals surface area contributed by atoms with E-state index in [0.717, 1.165) is 16.8 Å². The van der Waals surface area contributed by atoms with Crippen LogP contribution in [0.1, 0.15) is 22.9 Å². The third kappa shape index (κ3) is 3.91. The molecule has 0 fully saturated rings. The Morgan fingerprint density at radius 2 is 1.52 bits per heavy atom. The number of methoxy groups -OCH3 is 4. The minimum Gasteiger partial charge on any atom is -0.496 e. The maximum Gasteiger partial charge on any atom is 0.244 e. The fourth-order valence-electron chi connectivity index (χ4n) is 4.36. The van der Waals surface area contributed by atoms with Gasteiger partial charge in [0, 0.05) is 25.0 Å². The van der Waals surface area contributed by atoms with Crippen molar-refractivity contribution in [3.8, 4) is 23.0 Å². The molecule has 3 aromatic rings. The van der Waals surface area contributed by atoms with E-state index in [1.54, 1.807) is 51.7 Å². The number of sulfonamides is 1. The second-order valence-corrected chi connectivity index (χ2v) is 9.63. The van der Waals surface area contributed by atoms with Crippen molar-refractivity contribution >= 4 is 10.0 Å². The highest BCUT2D eigenvalue weighted by atomic mass is 32.2. The second-order valence-electron chi connectivity index (χ2n) is 7.73. The molecule has 33 heavy (non-hydrogen) atoms. The topological polar surface area (TPSA) is 79.2 Å². The number of hydrogen-bond acceptors (Lipinski definition) is 6. The Labute approximate surface area is 194 Å². The van der Waals surface area contributed by atoms with Gasteiger partial charge in [-0.3, -0.25) is 0 Å². The van der Waals surface area contributed by atoms with Gasteiger partial charge in [0.1, 0.15) is 5.75 Å². The highest BCUT2D eigenvalue weighted by molar-refractivity contribution is 7.89. The lowest BCUT2D eigenvalue weighted by molar-refractivity contribution is 0.293.